The van der Waals surface area contributed by atoms with Crippen LogP contribution in [0.5, 0.6) is 0 Å². The molecule has 2 aromatic carbocycles. The molecule has 2 N–H and O–H groups in total. The van der Waals surface area contributed by atoms with Crippen molar-refractivity contribution in [2.45, 2.75) is 5.75 Å². The number of nitrogens with zero attached hydrogens (tertiary/aromatic N) is 2. The molecule has 3 aromatic rings. The Morgan fingerprint density at radius 1 is 1.09 bits per heavy atom. The number of hydrogen-bond acceptors (Lipinski definition) is 3. The highest BCUT2D eigenvalue weighted by atomic mass is 32.2. The van der Waals surface area contributed by atoms with E-state index in [1.54, 1.807) is 22.8 Å². The van der Waals surface area contributed by atoms with Crippen molar-refractivity contribution in [3.05, 3.63) is 66.5 Å². The predicted octanol–water partition coefficient (Wildman–Crippen LogP) is 3.22. The summed E-state index contributed by atoms with van der Waals surface area (Å²) in [5.74, 6) is 1.82. The van der Waals surface area contributed by atoms with Gasteiger partial charge in [0.1, 0.15) is 6.33 Å². The molecule has 23 heavy (non-hydrogen) atoms. The quantitative estimate of drug-likeness (QED) is 0.684. The fraction of sp³-hybridized carbons (Fsp3) is 0.176. The summed E-state index contributed by atoms with van der Waals surface area (Å²) in [6.45, 7) is 0.621. The molecule has 3 rings (SSSR count). The van der Waals surface area contributed by atoms with Crippen molar-refractivity contribution in [1.82, 2.24) is 15.0 Å². The van der Waals surface area contributed by atoms with E-state index in [-0.39, 0.29) is 6.03 Å². The van der Waals surface area contributed by atoms with Crippen molar-refractivity contribution in [3.63, 3.8) is 0 Å². The zero-order chi connectivity index (χ0) is 15.9. The molecule has 1 aromatic heterocycles. The smallest absolute Gasteiger partial charge is 0.333 e. The summed E-state index contributed by atoms with van der Waals surface area (Å²) in [7, 11) is 0. The monoisotopic (exact) mass is 326 g/mol. The van der Waals surface area contributed by atoms with Gasteiger partial charge in [-0.05, 0) is 17.7 Å². The van der Waals surface area contributed by atoms with Crippen LogP contribution in [-0.2, 0) is 5.75 Å². The topological polar surface area (TPSA) is 59.0 Å². The van der Waals surface area contributed by atoms with E-state index in [4.69, 9.17) is 0 Å². The van der Waals surface area contributed by atoms with Crippen LogP contribution in [0, 0.1) is 0 Å². The fourth-order valence-electron chi connectivity index (χ4n) is 2.20. The third-order valence-electron chi connectivity index (χ3n) is 3.32. The number of carbonyl (C=O) groups excluding carboxylic acids is 1. The molecule has 1 heterocycles. The van der Waals surface area contributed by atoms with Gasteiger partial charge in [0.05, 0.1) is 11.0 Å². The first-order chi connectivity index (χ1) is 11.3. The third kappa shape index (κ3) is 4.26. The first-order valence-corrected chi connectivity index (χ1v) is 8.57. The second kappa shape index (κ2) is 7.69. The van der Waals surface area contributed by atoms with Crippen LogP contribution in [-0.4, -0.2) is 28.0 Å². The van der Waals surface area contributed by atoms with Crippen LogP contribution in [0.2, 0.25) is 0 Å². The standard InChI is InChI=1S/C17H18N4OS/c22-17(18-10-11-23-12-14-6-2-1-3-7-14)20-21-13-19-15-8-4-5-9-16(15)21/h1-9,13H,10-12H2,(H2,18,20,22). The number of carbonyl (C=O) groups is 1. The van der Waals surface area contributed by atoms with E-state index in [0.717, 1.165) is 22.5 Å². The van der Waals surface area contributed by atoms with Crippen molar-refractivity contribution in [1.29, 1.82) is 0 Å². The second-order valence-corrected chi connectivity index (χ2v) is 6.11. The summed E-state index contributed by atoms with van der Waals surface area (Å²) >= 11 is 1.80. The van der Waals surface area contributed by atoms with Crippen LogP contribution in [0.4, 0.5) is 4.79 Å². The molecule has 0 saturated heterocycles. The second-order valence-electron chi connectivity index (χ2n) is 5.01. The molecule has 2 amide bonds. The molecule has 118 valence electrons. The van der Waals surface area contributed by atoms with Gasteiger partial charge in [-0.3, -0.25) is 0 Å². The third-order valence-corrected chi connectivity index (χ3v) is 4.35. The lowest BCUT2D eigenvalue weighted by Crippen LogP contribution is -2.35. The lowest BCUT2D eigenvalue weighted by Gasteiger charge is -2.08. The van der Waals surface area contributed by atoms with Crippen LogP contribution in [0.1, 0.15) is 5.56 Å². The summed E-state index contributed by atoms with van der Waals surface area (Å²) in [6, 6.07) is 17.7. The normalized spacial score (nSPS) is 10.6. The number of imidazole rings is 1. The number of urea groups is 1. The molecule has 0 aliphatic heterocycles. The number of rotatable bonds is 6. The van der Waals surface area contributed by atoms with Gasteiger partial charge >= 0.3 is 6.03 Å². The summed E-state index contributed by atoms with van der Waals surface area (Å²) < 4.78 is 1.63. The molecular weight excluding hydrogens is 308 g/mol. The van der Waals surface area contributed by atoms with Gasteiger partial charge in [-0.15, -0.1) is 0 Å². The van der Waals surface area contributed by atoms with Gasteiger partial charge in [0.25, 0.3) is 0 Å². The Bertz CT molecular complexity index is 772. The Morgan fingerprint density at radius 2 is 1.87 bits per heavy atom. The molecule has 0 aliphatic carbocycles. The molecular formula is C17H18N4OS. The molecule has 0 aliphatic rings. The van der Waals surface area contributed by atoms with Gasteiger partial charge in [-0.1, -0.05) is 42.5 Å². The minimum Gasteiger partial charge on any atom is -0.336 e. The minimum absolute atomic E-state index is 0.228. The Hall–Kier alpha value is -2.47. The molecule has 0 spiro atoms. The van der Waals surface area contributed by atoms with Gasteiger partial charge in [-0.25, -0.2) is 19.9 Å². The number of hydrogen-bond donors (Lipinski definition) is 2. The first-order valence-electron chi connectivity index (χ1n) is 7.41. The molecule has 5 nitrogen and oxygen atoms in total. The Morgan fingerprint density at radius 3 is 2.74 bits per heavy atom. The van der Waals surface area contributed by atoms with E-state index in [1.165, 1.54) is 5.56 Å². The Labute approximate surface area is 139 Å². The van der Waals surface area contributed by atoms with Crippen molar-refractivity contribution < 1.29 is 4.79 Å². The van der Waals surface area contributed by atoms with Crippen molar-refractivity contribution in [2.75, 3.05) is 17.7 Å². The summed E-state index contributed by atoms with van der Waals surface area (Å²) in [6.07, 6.45) is 1.61. The molecule has 0 bridgehead atoms. The van der Waals surface area contributed by atoms with E-state index in [0.29, 0.717) is 6.54 Å². The first kappa shape index (κ1) is 15.4. The highest BCUT2D eigenvalue weighted by Gasteiger charge is 2.04. The van der Waals surface area contributed by atoms with E-state index in [1.807, 2.05) is 42.5 Å². The van der Waals surface area contributed by atoms with Crippen LogP contribution >= 0.6 is 11.8 Å². The number of nitrogens with one attached hydrogen (secondary N) is 2. The SMILES string of the molecule is O=C(NCCSCc1ccccc1)Nn1cnc2ccccc21. The number of amides is 2. The van der Waals surface area contributed by atoms with Crippen molar-refractivity contribution in [3.8, 4) is 0 Å². The van der Waals surface area contributed by atoms with E-state index in [2.05, 4.69) is 27.9 Å². The summed E-state index contributed by atoms with van der Waals surface area (Å²) in [5.41, 5.74) is 5.80. The summed E-state index contributed by atoms with van der Waals surface area (Å²) in [5, 5.41) is 2.85. The van der Waals surface area contributed by atoms with Crippen LogP contribution in [0.3, 0.4) is 0 Å². The zero-order valence-electron chi connectivity index (χ0n) is 12.6. The van der Waals surface area contributed by atoms with E-state index < -0.39 is 0 Å². The van der Waals surface area contributed by atoms with Gasteiger partial charge in [-0.2, -0.15) is 11.8 Å². The number of thioether (sulfide) groups is 1. The molecule has 0 atom stereocenters. The Kier molecular flexibility index (Phi) is 5.16. The van der Waals surface area contributed by atoms with Crippen LogP contribution in [0.25, 0.3) is 11.0 Å². The molecule has 0 saturated carbocycles. The summed E-state index contributed by atoms with van der Waals surface area (Å²) in [4.78, 5) is 16.1. The van der Waals surface area contributed by atoms with Crippen LogP contribution < -0.4 is 10.7 Å². The maximum Gasteiger partial charge on any atom is 0.333 e. The van der Waals surface area contributed by atoms with Crippen LogP contribution in [0.15, 0.2) is 60.9 Å². The van der Waals surface area contributed by atoms with Crippen molar-refractivity contribution >= 4 is 28.8 Å². The average molecular weight is 326 g/mol. The molecule has 0 unspecified atom stereocenters. The maximum absolute atomic E-state index is 11.9. The highest BCUT2D eigenvalue weighted by Crippen LogP contribution is 2.11. The number of para-hydroxylation sites is 2. The van der Waals surface area contributed by atoms with Gasteiger partial charge in [0.15, 0.2) is 0 Å². The minimum atomic E-state index is -0.228. The van der Waals surface area contributed by atoms with Gasteiger partial charge in [0.2, 0.25) is 0 Å². The molecule has 0 radical (unpaired) electrons. The van der Waals surface area contributed by atoms with Gasteiger partial charge < -0.3 is 5.32 Å². The van der Waals surface area contributed by atoms with Gasteiger partial charge in [0, 0.05) is 18.1 Å². The fourth-order valence-corrected chi connectivity index (χ4v) is 3.02. The lowest BCUT2D eigenvalue weighted by atomic mass is 10.2. The number of fused-ring (bicyclic) bond motifs is 1. The lowest BCUT2D eigenvalue weighted by molar-refractivity contribution is 0.250. The predicted molar refractivity (Wildman–Crippen MR) is 95.1 cm³/mol. The molecule has 0 fully saturated rings. The van der Waals surface area contributed by atoms with Crippen molar-refractivity contribution in [2.24, 2.45) is 0 Å². The largest absolute Gasteiger partial charge is 0.336 e. The highest BCUT2D eigenvalue weighted by molar-refractivity contribution is 7.98. The van der Waals surface area contributed by atoms with E-state index in [9.17, 15) is 4.79 Å². The zero-order valence-corrected chi connectivity index (χ0v) is 13.4. The Balaban J connectivity index is 1.40. The maximum atomic E-state index is 11.9. The average Bonchev–Trinajstić information content (AvgIpc) is 2.99. The number of benzene rings is 2. The molecule has 6 heteroatoms. The van der Waals surface area contributed by atoms with E-state index >= 15 is 0 Å². The number of aromatic nitrogens is 2.